The zero-order chi connectivity index (χ0) is 22.0. The van der Waals surface area contributed by atoms with Gasteiger partial charge in [-0.05, 0) is 25.8 Å². The number of rotatable bonds is 7. The number of nitrogens with zero attached hydrogens (tertiary/aromatic N) is 4. The van der Waals surface area contributed by atoms with Crippen LogP contribution in [0, 0.1) is 12.8 Å². The summed E-state index contributed by atoms with van der Waals surface area (Å²) in [7, 11) is 1.36. The van der Waals surface area contributed by atoms with Crippen molar-refractivity contribution in [1.82, 2.24) is 20.0 Å². The first-order chi connectivity index (χ1) is 15.0. The lowest BCUT2D eigenvalue weighted by molar-refractivity contribution is 0.0991. The van der Waals surface area contributed by atoms with Crippen molar-refractivity contribution in [2.45, 2.75) is 32.2 Å². The van der Waals surface area contributed by atoms with E-state index < -0.39 is 11.5 Å². The molecule has 31 heavy (non-hydrogen) atoms. The maximum atomic E-state index is 12.7. The second kappa shape index (κ2) is 8.86. The number of methoxy groups -OCH3 is 1. The SMILES string of the molecule is COc1c(N[C@@H]2CCC[C@@H]2CO)cc(C(=O)Nc2nnc(-n3nccc3C)s2)oc1=O. The van der Waals surface area contributed by atoms with E-state index in [0.717, 1.165) is 36.3 Å². The minimum Gasteiger partial charge on any atom is -0.488 e. The Morgan fingerprint density at radius 3 is 2.97 bits per heavy atom. The summed E-state index contributed by atoms with van der Waals surface area (Å²) >= 11 is 1.13. The number of aliphatic hydroxyl groups is 1. The van der Waals surface area contributed by atoms with Gasteiger partial charge in [-0.25, -0.2) is 9.48 Å². The van der Waals surface area contributed by atoms with Gasteiger partial charge in [-0.2, -0.15) is 5.10 Å². The van der Waals surface area contributed by atoms with Crippen molar-refractivity contribution >= 4 is 28.1 Å². The predicted molar refractivity (Wildman–Crippen MR) is 113 cm³/mol. The van der Waals surface area contributed by atoms with E-state index in [1.54, 1.807) is 10.9 Å². The molecule has 0 bridgehead atoms. The number of hydrogen-bond acceptors (Lipinski definition) is 10. The summed E-state index contributed by atoms with van der Waals surface area (Å²) in [5.41, 5.74) is 0.444. The fourth-order valence-corrected chi connectivity index (χ4v) is 4.38. The third-order valence-electron chi connectivity index (χ3n) is 5.22. The van der Waals surface area contributed by atoms with Gasteiger partial charge in [-0.15, -0.1) is 10.2 Å². The minimum absolute atomic E-state index is 0.0208. The largest absolute Gasteiger partial charge is 0.488 e. The molecular formula is C19H22N6O5S. The van der Waals surface area contributed by atoms with Crippen LogP contribution in [0.15, 0.2) is 27.5 Å². The third kappa shape index (κ3) is 4.30. The average molecular weight is 446 g/mol. The van der Waals surface area contributed by atoms with Crippen molar-refractivity contribution in [3.05, 3.63) is 40.2 Å². The molecule has 11 nitrogen and oxygen atoms in total. The van der Waals surface area contributed by atoms with Crippen LogP contribution in [-0.4, -0.2) is 50.8 Å². The number of aryl methyl sites for hydroxylation is 1. The molecule has 0 unspecified atom stereocenters. The molecule has 3 N–H and O–H groups in total. The Bertz CT molecular complexity index is 1140. The van der Waals surface area contributed by atoms with E-state index in [1.807, 2.05) is 13.0 Å². The summed E-state index contributed by atoms with van der Waals surface area (Å²) in [5.74, 6) is -0.793. The van der Waals surface area contributed by atoms with Crippen molar-refractivity contribution in [2.75, 3.05) is 24.4 Å². The van der Waals surface area contributed by atoms with Gasteiger partial charge in [0.1, 0.15) is 0 Å². The molecule has 2 atom stereocenters. The molecule has 0 spiro atoms. The molecule has 4 rings (SSSR count). The Labute approximate surface area is 181 Å². The van der Waals surface area contributed by atoms with E-state index >= 15 is 0 Å². The molecule has 0 aromatic carbocycles. The molecule has 12 heteroatoms. The molecule has 1 aliphatic rings. The normalized spacial score (nSPS) is 18.2. The summed E-state index contributed by atoms with van der Waals surface area (Å²) in [6, 6.07) is 3.22. The van der Waals surface area contributed by atoms with Gasteiger partial charge in [-0.1, -0.05) is 17.8 Å². The number of hydrogen-bond donors (Lipinski definition) is 3. The number of anilines is 2. The van der Waals surface area contributed by atoms with E-state index in [1.165, 1.54) is 13.2 Å². The molecule has 1 amide bonds. The molecule has 0 radical (unpaired) electrons. The number of nitrogens with one attached hydrogen (secondary N) is 2. The maximum absolute atomic E-state index is 12.7. The molecule has 3 heterocycles. The number of carbonyl (C=O) groups is 1. The van der Waals surface area contributed by atoms with Crippen LogP contribution in [0.3, 0.4) is 0 Å². The Balaban J connectivity index is 1.55. The molecule has 3 aromatic rings. The quantitative estimate of drug-likeness (QED) is 0.495. The summed E-state index contributed by atoms with van der Waals surface area (Å²) in [6.45, 7) is 1.92. The summed E-state index contributed by atoms with van der Waals surface area (Å²) in [6.07, 6.45) is 4.34. The van der Waals surface area contributed by atoms with E-state index in [0.29, 0.717) is 10.8 Å². The van der Waals surface area contributed by atoms with Gasteiger partial charge in [-0.3, -0.25) is 10.1 Å². The number of ether oxygens (including phenoxy) is 1. The van der Waals surface area contributed by atoms with Crippen LogP contribution >= 0.6 is 11.3 Å². The summed E-state index contributed by atoms with van der Waals surface area (Å²) < 4.78 is 11.9. The van der Waals surface area contributed by atoms with Crippen molar-refractivity contribution < 1.29 is 19.1 Å². The van der Waals surface area contributed by atoms with Crippen molar-refractivity contribution in [2.24, 2.45) is 5.92 Å². The molecule has 1 aliphatic carbocycles. The number of carbonyl (C=O) groups excluding carboxylic acids is 1. The first-order valence-corrected chi connectivity index (χ1v) is 10.6. The van der Waals surface area contributed by atoms with Crippen molar-refractivity contribution in [3.63, 3.8) is 0 Å². The van der Waals surface area contributed by atoms with E-state index in [-0.39, 0.29) is 35.2 Å². The summed E-state index contributed by atoms with van der Waals surface area (Å²) in [5, 5.41) is 28.2. The summed E-state index contributed by atoms with van der Waals surface area (Å²) in [4.78, 5) is 25.1. The lowest BCUT2D eigenvalue weighted by atomic mass is 10.0. The first-order valence-electron chi connectivity index (χ1n) is 9.75. The number of amides is 1. The van der Waals surface area contributed by atoms with Crippen LogP contribution in [-0.2, 0) is 0 Å². The van der Waals surface area contributed by atoms with Crippen LogP contribution in [0.25, 0.3) is 5.13 Å². The highest BCUT2D eigenvalue weighted by Gasteiger charge is 2.28. The molecule has 0 saturated heterocycles. The Morgan fingerprint density at radius 1 is 1.42 bits per heavy atom. The molecule has 3 aromatic heterocycles. The van der Waals surface area contributed by atoms with Crippen LogP contribution < -0.4 is 21.0 Å². The monoisotopic (exact) mass is 446 g/mol. The molecule has 1 fully saturated rings. The van der Waals surface area contributed by atoms with Gasteiger partial charge in [0.15, 0.2) is 5.76 Å². The van der Waals surface area contributed by atoms with Gasteiger partial charge in [0.05, 0.1) is 12.8 Å². The zero-order valence-corrected chi connectivity index (χ0v) is 17.8. The van der Waals surface area contributed by atoms with Crippen molar-refractivity contribution in [1.29, 1.82) is 0 Å². The van der Waals surface area contributed by atoms with E-state index in [2.05, 4.69) is 25.9 Å². The van der Waals surface area contributed by atoms with Gasteiger partial charge in [0.2, 0.25) is 16.0 Å². The van der Waals surface area contributed by atoms with E-state index in [4.69, 9.17) is 9.15 Å². The first kappa shape index (κ1) is 21.0. The number of aromatic nitrogens is 4. The van der Waals surface area contributed by atoms with Crippen molar-refractivity contribution in [3.8, 4) is 10.9 Å². The minimum atomic E-state index is -0.777. The fourth-order valence-electron chi connectivity index (χ4n) is 3.62. The highest BCUT2D eigenvalue weighted by Crippen LogP contribution is 2.31. The van der Waals surface area contributed by atoms with Crippen LogP contribution in [0.4, 0.5) is 10.8 Å². The predicted octanol–water partition coefficient (Wildman–Crippen LogP) is 1.82. The lowest BCUT2D eigenvalue weighted by Gasteiger charge is -2.21. The average Bonchev–Trinajstić information content (AvgIpc) is 3.49. The van der Waals surface area contributed by atoms with E-state index in [9.17, 15) is 14.7 Å². The Morgan fingerprint density at radius 2 is 2.26 bits per heavy atom. The van der Waals surface area contributed by atoms with Crippen LogP contribution in [0.5, 0.6) is 5.75 Å². The van der Waals surface area contributed by atoms with Gasteiger partial charge in [0, 0.05) is 36.5 Å². The smallest absolute Gasteiger partial charge is 0.381 e. The lowest BCUT2D eigenvalue weighted by Crippen LogP contribution is -2.27. The van der Waals surface area contributed by atoms with Gasteiger partial charge in [0.25, 0.3) is 5.91 Å². The Kier molecular flexibility index (Phi) is 6.00. The molecular weight excluding hydrogens is 424 g/mol. The third-order valence-corrected chi connectivity index (χ3v) is 6.03. The topological polar surface area (TPSA) is 144 Å². The molecule has 1 saturated carbocycles. The zero-order valence-electron chi connectivity index (χ0n) is 17.0. The van der Waals surface area contributed by atoms with Gasteiger partial charge < -0.3 is 19.6 Å². The molecule has 164 valence electrons. The Hall–Kier alpha value is -3.25. The highest BCUT2D eigenvalue weighted by atomic mass is 32.1. The number of aliphatic hydroxyl groups excluding tert-OH is 1. The van der Waals surface area contributed by atoms with Crippen LogP contribution in [0.1, 0.15) is 35.5 Å². The fraction of sp³-hybridized carbons (Fsp3) is 0.421. The standard InChI is InChI=1S/C19H22N6O5S/c1-10-6-7-20-25(10)19-24-23-18(31-19)22-16(27)14-8-13(15(29-2)17(28)30-14)21-12-5-3-4-11(12)9-26/h6-8,11-12,21,26H,3-5,9H2,1-2H3,(H,22,23,27)/t11-,12-/m1/s1. The maximum Gasteiger partial charge on any atom is 0.381 e. The van der Waals surface area contributed by atoms with Crippen LogP contribution in [0.2, 0.25) is 0 Å². The highest BCUT2D eigenvalue weighted by molar-refractivity contribution is 7.17. The second-order valence-corrected chi connectivity index (χ2v) is 8.15. The second-order valence-electron chi connectivity index (χ2n) is 7.20. The molecule has 0 aliphatic heterocycles. The van der Waals surface area contributed by atoms with Gasteiger partial charge >= 0.3 is 5.63 Å².